The second-order valence-corrected chi connectivity index (χ2v) is 4.86. The zero-order valence-corrected chi connectivity index (χ0v) is 10.6. The molecule has 8 heteroatoms. The van der Waals surface area contributed by atoms with Gasteiger partial charge >= 0.3 is 0 Å². The molecular weight excluding hydrogens is 283 g/mol. The van der Waals surface area contributed by atoms with Gasteiger partial charge in [-0.3, -0.25) is 0 Å². The first kappa shape index (κ1) is 12.4. The fourth-order valence-corrected chi connectivity index (χ4v) is 2.36. The monoisotopic (exact) mass is 292 g/mol. The average Bonchev–Trinajstić information content (AvgIpc) is 2.89. The number of rotatable bonds is 2. The highest BCUT2D eigenvalue weighted by molar-refractivity contribution is 6.32. The molecule has 2 saturated heterocycles. The minimum Gasteiger partial charge on any atom is -0.468 e. The summed E-state index contributed by atoms with van der Waals surface area (Å²) >= 11 is 11.6. The molecule has 4 atom stereocenters. The molecule has 0 amide bonds. The molecule has 98 valence electrons. The zero-order chi connectivity index (χ0) is 12.7. The van der Waals surface area contributed by atoms with Crippen molar-refractivity contribution in [2.24, 2.45) is 0 Å². The summed E-state index contributed by atoms with van der Waals surface area (Å²) in [5.74, 6) is 0.191. The molecule has 0 spiro atoms. The number of hydrogen-bond donors (Lipinski definition) is 1. The molecule has 0 unspecified atom stereocenters. The number of aromatic nitrogens is 2. The highest BCUT2D eigenvalue weighted by Crippen LogP contribution is 2.31. The van der Waals surface area contributed by atoms with E-state index in [1.807, 2.05) is 0 Å². The third kappa shape index (κ3) is 2.15. The molecule has 6 nitrogen and oxygen atoms in total. The summed E-state index contributed by atoms with van der Waals surface area (Å²) in [6.45, 7) is 0.553. The Morgan fingerprint density at radius 3 is 2.89 bits per heavy atom. The summed E-state index contributed by atoms with van der Waals surface area (Å²) in [7, 11) is 0. The van der Waals surface area contributed by atoms with E-state index in [1.165, 1.54) is 6.20 Å². The van der Waals surface area contributed by atoms with Gasteiger partial charge in [-0.2, -0.15) is 4.98 Å². The standard InChI is InChI=1S/C10H10Cl2N2O4/c11-4-1-13-10(12)14-9(4)18-6-3-17-7-5(15)2-16-8(6)7/h1,5-8,15H,2-3H2/t5-,6+,7-,8-/m1/s1. The molecule has 2 fully saturated rings. The predicted molar refractivity (Wildman–Crippen MR) is 62.0 cm³/mol. The van der Waals surface area contributed by atoms with E-state index in [0.29, 0.717) is 6.61 Å². The van der Waals surface area contributed by atoms with Crippen molar-refractivity contribution in [2.45, 2.75) is 24.4 Å². The maximum Gasteiger partial charge on any atom is 0.237 e. The molecule has 18 heavy (non-hydrogen) atoms. The summed E-state index contributed by atoms with van der Waals surface area (Å²) in [5, 5.41) is 9.92. The molecule has 1 N–H and O–H groups in total. The van der Waals surface area contributed by atoms with E-state index in [9.17, 15) is 5.11 Å². The normalized spacial score (nSPS) is 34.6. The Bertz CT molecular complexity index is 462. The Morgan fingerprint density at radius 2 is 2.06 bits per heavy atom. The number of ether oxygens (including phenoxy) is 3. The molecule has 1 aromatic rings. The molecule has 0 bridgehead atoms. The smallest absolute Gasteiger partial charge is 0.237 e. The van der Waals surface area contributed by atoms with Crippen LogP contribution in [0, 0.1) is 0 Å². The number of nitrogens with zero attached hydrogens (tertiary/aromatic N) is 2. The summed E-state index contributed by atoms with van der Waals surface area (Å²) in [5.41, 5.74) is 0. The second kappa shape index (κ2) is 4.79. The van der Waals surface area contributed by atoms with Crippen LogP contribution in [-0.2, 0) is 9.47 Å². The highest BCUT2D eigenvalue weighted by atomic mass is 35.5. The first-order valence-corrected chi connectivity index (χ1v) is 6.16. The van der Waals surface area contributed by atoms with E-state index >= 15 is 0 Å². The van der Waals surface area contributed by atoms with Gasteiger partial charge in [-0.25, -0.2) is 4.98 Å². The number of halogens is 2. The van der Waals surface area contributed by atoms with Crippen LogP contribution in [0.25, 0.3) is 0 Å². The van der Waals surface area contributed by atoms with Crippen LogP contribution >= 0.6 is 23.2 Å². The lowest BCUT2D eigenvalue weighted by atomic mass is 10.1. The first-order valence-electron chi connectivity index (χ1n) is 5.41. The van der Waals surface area contributed by atoms with Crippen LogP contribution < -0.4 is 4.74 Å². The summed E-state index contributed by atoms with van der Waals surface area (Å²) in [4.78, 5) is 7.63. The van der Waals surface area contributed by atoms with Gasteiger partial charge in [0.25, 0.3) is 0 Å². The van der Waals surface area contributed by atoms with E-state index in [-0.39, 0.29) is 41.1 Å². The van der Waals surface area contributed by atoms with Gasteiger partial charge < -0.3 is 19.3 Å². The molecule has 2 aliphatic rings. The Labute approximate surface area is 113 Å². The fraction of sp³-hybridized carbons (Fsp3) is 0.600. The summed E-state index contributed by atoms with van der Waals surface area (Å²) < 4.78 is 16.5. The maximum absolute atomic E-state index is 9.60. The SMILES string of the molecule is O[C@@H]1CO[C@H]2[C@@H]1OC[C@@H]2Oc1nc(Cl)ncc1Cl. The minimum atomic E-state index is -0.618. The van der Waals surface area contributed by atoms with Gasteiger partial charge in [-0.15, -0.1) is 0 Å². The van der Waals surface area contributed by atoms with Gasteiger partial charge in [-0.1, -0.05) is 11.6 Å². The predicted octanol–water partition coefficient (Wildman–Crippen LogP) is 0.689. The van der Waals surface area contributed by atoms with Crippen molar-refractivity contribution in [2.75, 3.05) is 13.2 Å². The van der Waals surface area contributed by atoms with Gasteiger partial charge in [0.15, 0.2) is 6.10 Å². The second-order valence-electron chi connectivity index (χ2n) is 4.11. The van der Waals surface area contributed by atoms with Gasteiger partial charge in [0.2, 0.25) is 11.2 Å². The van der Waals surface area contributed by atoms with E-state index in [1.54, 1.807) is 0 Å². The topological polar surface area (TPSA) is 73.7 Å². The molecule has 3 rings (SSSR count). The molecule has 1 aromatic heterocycles. The lowest BCUT2D eigenvalue weighted by Gasteiger charge is -2.17. The first-order chi connectivity index (χ1) is 8.65. The Kier molecular flexibility index (Phi) is 3.29. The van der Waals surface area contributed by atoms with Crippen molar-refractivity contribution in [3.05, 3.63) is 16.5 Å². The molecule has 0 aliphatic carbocycles. The van der Waals surface area contributed by atoms with Gasteiger partial charge in [-0.05, 0) is 11.6 Å². The number of fused-ring (bicyclic) bond motifs is 1. The van der Waals surface area contributed by atoms with E-state index in [2.05, 4.69) is 9.97 Å². The Morgan fingerprint density at radius 1 is 1.28 bits per heavy atom. The van der Waals surface area contributed by atoms with Crippen LogP contribution in [0.15, 0.2) is 6.20 Å². The van der Waals surface area contributed by atoms with Gasteiger partial charge in [0.1, 0.15) is 23.3 Å². The van der Waals surface area contributed by atoms with Crippen molar-refractivity contribution in [3.63, 3.8) is 0 Å². The van der Waals surface area contributed by atoms with Crippen LogP contribution in [0.1, 0.15) is 0 Å². The number of hydrogen-bond acceptors (Lipinski definition) is 6. The zero-order valence-electron chi connectivity index (χ0n) is 9.12. The summed E-state index contributed by atoms with van der Waals surface area (Å²) in [6.07, 6.45) is -0.288. The van der Waals surface area contributed by atoms with Crippen molar-refractivity contribution < 1.29 is 19.3 Å². The lowest BCUT2D eigenvalue weighted by Crippen LogP contribution is -2.34. The maximum atomic E-state index is 9.60. The largest absolute Gasteiger partial charge is 0.468 e. The van der Waals surface area contributed by atoms with E-state index < -0.39 is 6.10 Å². The van der Waals surface area contributed by atoms with Crippen molar-refractivity contribution >= 4 is 23.2 Å². The van der Waals surface area contributed by atoms with Crippen LogP contribution in [0.5, 0.6) is 5.88 Å². The Balaban J connectivity index is 1.75. The fourth-order valence-electron chi connectivity index (χ4n) is 2.10. The van der Waals surface area contributed by atoms with Crippen LogP contribution in [0.3, 0.4) is 0 Å². The van der Waals surface area contributed by atoms with Crippen LogP contribution in [-0.4, -0.2) is 52.7 Å². The molecular formula is C10H10Cl2N2O4. The number of aliphatic hydroxyl groups is 1. The average molecular weight is 293 g/mol. The summed E-state index contributed by atoms with van der Waals surface area (Å²) in [6, 6.07) is 0. The lowest BCUT2D eigenvalue weighted by molar-refractivity contribution is 0.00780. The van der Waals surface area contributed by atoms with Gasteiger partial charge in [0.05, 0.1) is 19.4 Å². The quantitative estimate of drug-likeness (QED) is 0.809. The van der Waals surface area contributed by atoms with Crippen molar-refractivity contribution in [1.29, 1.82) is 0 Å². The molecule has 0 saturated carbocycles. The highest BCUT2D eigenvalue weighted by Gasteiger charge is 2.48. The van der Waals surface area contributed by atoms with E-state index in [4.69, 9.17) is 37.4 Å². The molecule has 0 aromatic carbocycles. The third-order valence-corrected chi connectivity index (χ3v) is 3.37. The van der Waals surface area contributed by atoms with Crippen LogP contribution in [0.2, 0.25) is 10.3 Å². The van der Waals surface area contributed by atoms with E-state index in [0.717, 1.165) is 0 Å². The van der Waals surface area contributed by atoms with Crippen LogP contribution in [0.4, 0.5) is 0 Å². The molecule has 0 radical (unpaired) electrons. The number of aliphatic hydroxyl groups excluding tert-OH is 1. The van der Waals surface area contributed by atoms with Crippen molar-refractivity contribution in [3.8, 4) is 5.88 Å². The minimum absolute atomic E-state index is 0.0530. The third-order valence-electron chi connectivity index (χ3n) is 2.93. The van der Waals surface area contributed by atoms with Crippen molar-refractivity contribution in [1.82, 2.24) is 9.97 Å². The molecule has 3 heterocycles. The van der Waals surface area contributed by atoms with Gasteiger partial charge in [0, 0.05) is 0 Å². The Hall–Kier alpha value is -0.660. The molecule has 2 aliphatic heterocycles.